The molecule has 1 fully saturated rings. The molecule has 0 aliphatic carbocycles. The Morgan fingerprint density at radius 1 is 1.39 bits per heavy atom. The summed E-state index contributed by atoms with van der Waals surface area (Å²) in [6, 6.07) is 4.40. The number of halogens is 3. The van der Waals surface area contributed by atoms with E-state index in [1.807, 2.05) is 13.0 Å². The molecule has 2 N–H and O–H groups in total. The van der Waals surface area contributed by atoms with Crippen LogP contribution in [-0.4, -0.2) is 44.4 Å². The van der Waals surface area contributed by atoms with Gasteiger partial charge in [0.15, 0.2) is 5.96 Å². The Bertz CT molecular complexity index is 479. The molecule has 0 aromatic carbocycles. The second kappa shape index (κ2) is 8.42. The molecule has 2 rings (SSSR count). The van der Waals surface area contributed by atoms with Gasteiger partial charge in [-0.15, -0.1) is 11.3 Å². The van der Waals surface area contributed by atoms with Crippen molar-refractivity contribution < 1.29 is 13.2 Å². The minimum absolute atomic E-state index is 0.243. The second-order valence-corrected chi connectivity index (χ2v) is 6.41. The molecule has 0 bridgehead atoms. The Morgan fingerprint density at radius 2 is 2.13 bits per heavy atom. The van der Waals surface area contributed by atoms with Gasteiger partial charge in [0.25, 0.3) is 0 Å². The Morgan fingerprint density at radius 3 is 2.70 bits per heavy atom. The maximum atomic E-state index is 12.2. The van der Waals surface area contributed by atoms with Gasteiger partial charge in [0.05, 0.1) is 18.0 Å². The number of hydrogen-bond acceptors (Lipinski definition) is 3. The molecule has 4 nitrogen and oxygen atoms in total. The van der Waals surface area contributed by atoms with Crippen LogP contribution in [0.25, 0.3) is 0 Å². The number of nitrogens with zero attached hydrogens (tertiary/aromatic N) is 2. The fraction of sp³-hybridized carbons (Fsp3) is 0.667. The topological polar surface area (TPSA) is 39.7 Å². The van der Waals surface area contributed by atoms with Crippen LogP contribution in [0.4, 0.5) is 18.2 Å². The predicted molar refractivity (Wildman–Crippen MR) is 89.3 cm³/mol. The van der Waals surface area contributed by atoms with Crippen molar-refractivity contribution in [2.75, 3.05) is 31.1 Å². The largest absolute Gasteiger partial charge is 0.390 e. The van der Waals surface area contributed by atoms with Gasteiger partial charge in [0, 0.05) is 25.7 Å². The summed E-state index contributed by atoms with van der Waals surface area (Å²) in [5.41, 5.74) is 0. The summed E-state index contributed by atoms with van der Waals surface area (Å²) in [4.78, 5) is 6.37. The lowest BCUT2D eigenvalue weighted by molar-refractivity contribution is -0.132. The van der Waals surface area contributed by atoms with Gasteiger partial charge in [-0.3, -0.25) is 4.99 Å². The predicted octanol–water partition coefficient (Wildman–Crippen LogP) is 3.22. The molecule has 0 spiro atoms. The second-order valence-electron chi connectivity index (χ2n) is 5.48. The third-order valence-electron chi connectivity index (χ3n) is 3.66. The lowest BCUT2D eigenvalue weighted by Gasteiger charge is -2.33. The standard InChI is InChI=1S/C15H23F3N4S/c1-2-19-14(20-8-7-15(16,17)18)21-12-5-9-22(10-6-12)13-4-3-11-23-13/h3-4,11-12H,2,5-10H2,1H3,(H2,19,20,21). The molecule has 1 aliphatic heterocycles. The molecule has 0 amide bonds. The van der Waals surface area contributed by atoms with Crippen molar-refractivity contribution in [3.05, 3.63) is 17.5 Å². The minimum Gasteiger partial charge on any atom is -0.363 e. The Hall–Kier alpha value is -1.44. The van der Waals surface area contributed by atoms with Gasteiger partial charge in [-0.2, -0.15) is 13.2 Å². The van der Waals surface area contributed by atoms with Crippen LogP contribution >= 0.6 is 11.3 Å². The first-order valence-electron chi connectivity index (χ1n) is 7.88. The van der Waals surface area contributed by atoms with E-state index in [1.54, 1.807) is 11.3 Å². The van der Waals surface area contributed by atoms with E-state index in [-0.39, 0.29) is 12.6 Å². The number of hydrogen-bond donors (Lipinski definition) is 2. The highest BCUT2D eigenvalue weighted by molar-refractivity contribution is 7.14. The maximum Gasteiger partial charge on any atom is 0.390 e. The molecular weight excluding hydrogens is 325 g/mol. The zero-order chi connectivity index (χ0) is 16.7. The number of rotatable bonds is 5. The number of thiophene rings is 1. The Labute approximate surface area is 138 Å². The molecule has 23 heavy (non-hydrogen) atoms. The number of aliphatic imine (C=N–C) groups is 1. The van der Waals surface area contributed by atoms with Gasteiger partial charge >= 0.3 is 6.18 Å². The lowest BCUT2D eigenvalue weighted by Crippen LogP contribution is -2.48. The molecular formula is C15H23F3N4S. The summed E-state index contributed by atoms with van der Waals surface area (Å²) < 4.78 is 36.6. The number of alkyl halides is 3. The molecule has 0 unspecified atom stereocenters. The fourth-order valence-corrected chi connectivity index (χ4v) is 3.29. The minimum atomic E-state index is -4.16. The molecule has 1 aromatic rings. The molecule has 0 radical (unpaired) electrons. The van der Waals surface area contributed by atoms with Crippen molar-refractivity contribution in [1.29, 1.82) is 0 Å². The van der Waals surface area contributed by atoms with Crippen LogP contribution in [0.5, 0.6) is 0 Å². The smallest absolute Gasteiger partial charge is 0.363 e. The van der Waals surface area contributed by atoms with E-state index in [9.17, 15) is 13.2 Å². The fourth-order valence-electron chi connectivity index (χ4n) is 2.50. The first kappa shape index (κ1) is 17.9. The summed E-state index contributed by atoms with van der Waals surface area (Å²) in [6.07, 6.45) is -3.16. The third-order valence-corrected chi connectivity index (χ3v) is 4.59. The first-order valence-corrected chi connectivity index (χ1v) is 8.76. The summed E-state index contributed by atoms with van der Waals surface area (Å²) in [5, 5.41) is 9.61. The van der Waals surface area contributed by atoms with Crippen LogP contribution in [0.1, 0.15) is 26.2 Å². The van der Waals surface area contributed by atoms with Crippen molar-refractivity contribution in [2.24, 2.45) is 4.99 Å². The van der Waals surface area contributed by atoms with E-state index in [0.717, 1.165) is 25.9 Å². The first-order chi connectivity index (χ1) is 11.0. The Kier molecular flexibility index (Phi) is 6.56. The number of piperidine rings is 1. The van der Waals surface area contributed by atoms with Crippen LogP contribution in [0.3, 0.4) is 0 Å². The van der Waals surface area contributed by atoms with Crippen molar-refractivity contribution in [3.8, 4) is 0 Å². The van der Waals surface area contributed by atoms with Gasteiger partial charge in [-0.1, -0.05) is 0 Å². The van der Waals surface area contributed by atoms with Crippen LogP contribution < -0.4 is 15.5 Å². The number of nitrogens with one attached hydrogen (secondary N) is 2. The lowest BCUT2D eigenvalue weighted by atomic mass is 10.1. The molecule has 1 saturated heterocycles. The monoisotopic (exact) mass is 348 g/mol. The third kappa shape index (κ3) is 6.29. The number of guanidine groups is 1. The molecule has 1 aliphatic rings. The van der Waals surface area contributed by atoms with E-state index in [2.05, 4.69) is 32.0 Å². The quantitative estimate of drug-likeness (QED) is 0.634. The molecule has 0 saturated carbocycles. The zero-order valence-corrected chi connectivity index (χ0v) is 14.0. The molecule has 130 valence electrons. The normalized spacial score (nSPS) is 17.4. The van der Waals surface area contributed by atoms with Crippen molar-refractivity contribution in [1.82, 2.24) is 10.6 Å². The van der Waals surface area contributed by atoms with E-state index in [1.165, 1.54) is 5.00 Å². The highest BCUT2D eigenvalue weighted by Crippen LogP contribution is 2.24. The SMILES string of the molecule is CCNC(=NCCC(F)(F)F)NC1CCN(c2cccs2)CC1. The van der Waals surface area contributed by atoms with Gasteiger partial charge in [-0.05, 0) is 37.3 Å². The molecule has 0 atom stereocenters. The molecule has 2 heterocycles. The summed E-state index contributed by atoms with van der Waals surface area (Å²) in [6.45, 7) is 4.18. The van der Waals surface area contributed by atoms with Gasteiger partial charge < -0.3 is 15.5 Å². The van der Waals surface area contributed by atoms with Crippen molar-refractivity contribution >= 4 is 22.3 Å². The van der Waals surface area contributed by atoms with E-state index in [0.29, 0.717) is 12.5 Å². The van der Waals surface area contributed by atoms with Crippen LogP contribution in [0.2, 0.25) is 0 Å². The summed E-state index contributed by atoms with van der Waals surface area (Å²) in [5.74, 6) is 0.478. The van der Waals surface area contributed by atoms with Crippen molar-refractivity contribution in [2.45, 2.75) is 38.4 Å². The van der Waals surface area contributed by atoms with E-state index < -0.39 is 12.6 Å². The molecule has 8 heteroatoms. The average molecular weight is 348 g/mol. The highest BCUT2D eigenvalue weighted by atomic mass is 32.1. The van der Waals surface area contributed by atoms with E-state index >= 15 is 0 Å². The van der Waals surface area contributed by atoms with Crippen LogP contribution in [0, 0.1) is 0 Å². The highest BCUT2D eigenvalue weighted by Gasteiger charge is 2.26. The summed E-state index contributed by atoms with van der Waals surface area (Å²) >= 11 is 1.73. The van der Waals surface area contributed by atoms with Crippen molar-refractivity contribution in [3.63, 3.8) is 0 Å². The van der Waals surface area contributed by atoms with Crippen LogP contribution in [0.15, 0.2) is 22.5 Å². The van der Waals surface area contributed by atoms with Crippen LogP contribution in [-0.2, 0) is 0 Å². The van der Waals surface area contributed by atoms with Gasteiger partial charge in [-0.25, -0.2) is 0 Å². The van der Waals surface area contributed by atoms with E-state index in [4.69, 9.17) is 0 Å². The maximum absolute atomic E-state index is 12.2. The Balaban J connectivity index is 1.80. The number of anilines is 1. The summed E-state index contributed by atoms with van der Waals surface area (Å²) in [7, 11) is 0. The molecule has 1 aromatic heterocycles. The average Bonchev–Trinajstić information content (AvgIpc) is 3.01. The zero-order valence-electron chi connectivity index (χ0n) is 13.2. The van der Waals surface area contributed by atoms with Gasteiger partial charge in [0.2, 0.25) is 0 Å². The van der Waals surface area contributed by atoms with Gasteiger partial charge in [0.1, 0.15) is 0 Å².